The molecule has 2 aromatic rings. The quantitative estimate of drug-likeness (QED) is 0.858. The van der Waals surface area contributed by atoms with Crippen LogP contribution in [0.1, 0.15) is 45.4 Å². The van der Waals surface area contributed by atoms with Gasteiger partial charge in [-0.1, -0.05) is 11.2 Å². The number of halogens is 1. The molecule has 0 atom stereocenters. The van der Waals surface area contributed by atoms with Crippen molar-refractivity contribution in [3.8, 4) is 0 Å². The van der Waals surface area contributed by atoms with Crippen LogP contribution in [0.15, 0.2) is 34.9 Å². The van der Waals surface area contributed by atoms with E-state index in [1.807, 2.05) is 0 Å². The summed E-state index contributed by atoms with van der Waals surface area (Å²) in [4.78, 5) is 28.2. The molecule has 4 rings (SSSR count). The van der Waals surface area contributed by atoms with Gasteiger partial charge < -0.3 is 14.3 Å². The van der Waals surface area contributed by atoms with Crippen LogP contribution in [0.25, 0.3) is 0 Å². The lowest BCUT2D eigenvalue weighted by atomic mass is 10.1. The Hall–Kier alpha value is -2.70. The second-order valence-electron chi connectivity index (χ2n) is 6.48. The van der Waals surface area contributed by atoms with Crippen molar-refractivity contribution in [3.05, 3.63) is 53.2 Å². The maximum atomic E-state index is 13.3. The van der Waals surface area contributed by atoms with Crippen LogP contribution in [0.3, 0.4) is 0 Å². The summed E-state index contributed by atoms with van der Waals surface area (Å²) < 4.78 is 18.5. The number of hydrogen-bond acceptors (Lipinski definition) is 4. The van der Waals surface area contributed by atoms with Gasteiger partial charge in [-0.25, -0.2) is 4.39 Å². The predicted octanol–water partition coefficient (Wildman–Crippen LogP) is 2.29. The van der Waals surface area contributed by atoms with Gasteiger partial charge in [-0.05, 0) is 31.0 Å². The van der Waals surface area contributed by atoms with Gasteiger partial charge in [-0.2, -0.15) is 0 Å². The molecule has 1 aromatic carbocycles. The molecule has 0 bridgehead atoms. The minimum absolute atomic E-state index is 0.173. The standard InChI is InChI=1S/C18H18FN3O3/c19-14-3-1-2-13(10-14)17(23)21-6-8-22(9-7-21)18(24)15-11-16(25-20-15)12-4-5-12/h1-3,10-12H,4-9H2. The van der Waals surface area contributed by atoms with E-state index in [2.05, 4.69) is 5.16 Å². The van der Waals surface area contributed by atoms with Crippen LogP contribution >= 0.6 is 0 Å². The van der Waals surface area contributed by atoms with E-state index in [0.717, 1.165) is 18.6 Å². The number of benzene rings is 1. The van der Waals surface area contributed by atoms with E-state index in [0.29, 0.717) is 43.4 Å². The van der Waals surface area contributed by atoms with Crippen molar-refractivity contribution in [2.45, 2.75) is 18.8 Å². The summed E-state index contributed by atoms with van der Waals surface area (Å²) >= 11 is 0. The molecule has 130 valence electrons. The molecule has 1 aliphatic heterocycles. The molecule has 25 heavy (non-hydrogen) atoms. The van der Waals surface area contributed by atoms with Crippen LogP contribution in [-0.2, 0) is 0 Å². The first kappa shape index (κ1) is 15.8. The van der Waals surface area contributed by atoms with E-state index in [1.165, 1.54) is 18.2 Å². The number of aromatic nitrogens is 1. The molecule has 1 aromatic heterocycles. The van der Waals surface area contributed by atoms with Gasteiger partial charge in [0.2, 0.25) is 0 Å². The third-order valence-electron chi connectivity index (χ3n) is 4.65. The monoisotopic (exact) mass is 343 g/mol. The highest BCUT2D eigenvalue weighted by atomic mass is 19.1. The number of carbonyl (C=O) groups excluding carboxylic acids is 2. The molecule has 2 fully saturated rings. The molecule has 0 spiro atoms. The first-order valence-electron chi connectivity index (χ1n) is 8.42. The third-order valence-corrected chi connectivity index (χ3v) is 4.65. The smallest absolute Gasteiger partial charge is 0.276 e. The first-order chi connectivity index (χ1) is 12.1. The summed E-state index contributed by atoms with van der Waals surface area (Å²) in [6, 6.07) is 7.38. The average Bonchev–Trinajstić information content (AvgIpc) is 3.37. The zero-order valence-corrected chi connectivity index (χ0v) is 13.7. The Kier molecular flexibility index (Phi) is 3.99. The molecule has 0 unspecified atom stereocenters. The molecule has 7 heteroatoms. The van der Waals surface area contributed by atoms with Gasteiger partial charge in [0.15, 0.2) is 5.69 Å². The Morgan fingerprint density at radius 2 is 1.72 bits per heavy atom. The fraction of sp³-hybridized carbons (Fsp3) is 0.389. The van der Waals surface area contributed by atoms with Crippen LogP contribution < -0.4 is 0 Å². The van der Waals surface area contributed by atoms with E-state index in [4.69, 9.17) is 4.52 Å². The van der Waals surface area contributed by atoms with Crippen molar-refractivity contribution in [3.63, 3.8) is 0 Å². The van der Waals surface area contributed by atoms with Crippen molar-refractivity contribution in [1.29, 1.82) is 0 Å². The van der Waals surface area contributed by atoms with Crippen LogP contribution in [0, 0.1) is 5.82 Å². The molecule has 2 amide bonds. The zero-order chi connectivity index (χ0) is 17.4. The predicted molar refractivity (Wildman–Crippen MR) is 86.7 cm³/mol. The highest BCUT2D eigenvalue weighted by Gasteiger charge is 2.31. The molecular weight excluding hydrogens is 325 g/mol. The summed E-state index contributed by atoms with van der Waals surface area (Å²) in [5.74, 6) is 0.368. The topological polar surface area (TPSA) is 66.7 Å². The normalized spacial score (nSPS) is 17.6. The SMILES string of the molecule is O=C(c1cccc(F)c1)N1CCN(C(=O)c2cc(C3CC3)on2)CC1. The Morgan fingerprint density at radius 3 is 2.36 bits per heavy atom. The Balaban J connectivity index is 1.37. The van der Waals surface area contributed by atoms with Crippen molar-refractivity contribution < 1.29 is 18.5 Å². The minimum atomic E-state index is -0.433. The lowest BCUT2D eigenvalue weighted by Gasteiger charge is -2.34. The van der Waals surface area contributed by atoms with Crippen molar-refractivity contribution in [1.82, 2.24) is 15.0 Å². The van der Waals surface area contributed by atoms with Crippen molar-refractivity contribution in [2.24, 2.45) is 0 Å². The third kappa shape index (κ3) is 3.26. The number of hydrogen-bond donors (Lipinski definition) is 0. The molecular formula is C18H18FN3O3. The molecule has 2 heterocycles. The summed E-state index contributed by atoms with van der Waals surface area (Å²) in [5, 5.41) is 3.88. The van der Waals surface area contributed by atoms with Gasteiger partial charge in [0.05, 0.1) is 0 Å². The molecule has 1 aliphatic carbocycles. The van der Waals surface area contributed by atoms with Gasteiger partial charge in [0, 0.05) is 43.7 Å². The fourth-order valence-electron chi connectivity index (χ4n) is 3.03. The van der Waals surface area contributed by atoms with E-state index < -0.39 is 5.82 Å². The van der Waals surface area contributed by atoms with E-state index >= 15 is 0 Å². The Labute approximate surface area is 144 Å². The lowest BCUT2D eigenvalue weighted by Crippen LogP contribution is -2.50. The number of piperazine rings is 1. The largest absolute Gasteiger partial charge is 0.360 e. The Morgan fingerprint density at radius 1 is 1.04 bits per heavy atom. The number of carbonyl (C=O) groups is 2. The summed E-state index contributed by atoms with van der Waals surface area (Å²) in [6.07, 6.45) is 2.17. The molecule has 2 aliphatic rings. The molecule has 0 N–H and O–H groups in total. The number of amides is 2. The van der Waals surface area contributed by atoms with Crippen LogP contribution in [0.4, 0.5) is 4.39 Å². The summed E-state index contributed by atoms with van der Waals surface area (Å²) in [6.45, 7) is 1.67. The van der Waals surface area contributed by atoms with Crippen molar-refractivity contribution >= 4 is 11.8 Å². The van der Waals surface area contributed by atoms with E-state index in [1.54, 1.807) is 21.9 Å². The highest BCUT2D eigenvalue weighted by molar-refractivity contribution is 5.95. The van der Waals surface area contributed by atoms with Crippen LogP contribution in [0.5, 0.6) is 0 Å². The van der Waals surface area contributed by atoms with Gasteiger partial charge >= 0.3 is 0 Å². The summed E-state index contributed by atoms with van der Waals surface area (Å²) in [5.41, 5.74) is 0.650. The zero-order valence-electron chi connectivity index (χ0n) is 13.7. The highest BCUT2D eigenvalue weighted by Crippen LogP contribution is 2.40. The second-order valence-corrected chi connectivity index (χ2v) is 6.48. The van der Waals surface area contributed by atoms with Gasteiger partial charge in [0.1, 0.15) is 11.6 Å². The minimum Gasteiger partial charge on any atom is -0.360 e. The number of nitrogens with zero attached hydrogens (tertiary/aromatic N) is 3. The maximum absolute atomic E-state index is 13.3. The van der Waals surface area contributed by atoms with E-state index in [9.17, 15) is 14.0 Å². The molecule has 6 nitrogen and oxygen atoms in total. The van der Waals surface area contributed by atoms with Gasteiger partial charge in [-0.15, -0.1) is 0 Å². The van der Waals surface area contributed by atoms with Gasteiger partial charge in [-0.3, -0.25) is 9.59 Å². The maximum Gasteiger partial charge on any atom is 0.276 e. The van der Waals surface area contributed by atoms with Crippen LogP contribution in [0.2, 0.25) is 0 Å². The molecule has 1 saturated heterocycles. The average molecular weight is 343 g/mol. The second kappa shape index (κ2) is 6.31. The Bertz CT molecular complexity index is 807. The lowest BCUT2D eigenvalue weighted by molar-refractivity contribution is 0.0529. The number of rotatable bonds is 3. The van der Waals surface area contributed by atoms with E-state index in [-0.39, 0.29) is 11.8 Å². The molecule has 1 saturated carbocycles. The fourth-order valence-corrected chi connectivity index (χ4v) is 3.03. The van der Waals surface area contributed by atoms with Crippen LogP contribution in [-0.4, -0.2) is 52.9 Å². The summed E-state index contributed by atoms with van der Waals surface area (Å²) in [7, 11) is 0. The first-order valence-corrected chi connectivity index (χ1v) is 8.42. The van der Waals surface area contributed by atoms with Crippen molar-refractivity contribution in [2.75, 3.05) is 26.2 Å². The van der Waals surface area contributed by atoms with Gasteiger partial charge in [0.25, 0.3) is 11.8 Å². The molecule has 0 radical (unpaired) electrons.